The molecule has 110 valence electrons. The molecule has 0 saturated heterocycles. The van der Waals surface area contributed by atoms with Crippen molar-refractivity contribution in [2.24, 2.45) is 5.92 Å². The van der Waals surface area contributed by atoms with E-state index in [1.54, 1.807) is 0 Å². The molecule has 1 aromatic rings. The van der Waals surface area contributed by atoms with Crippen molar-refractivity contribution in [1.29, 1.82) is 0 Å². The molecule has 1 unspecified atom stereocenters. The average Bonchev–Trinajstić information content (AvgIpc) is 2.38. The molecule has 2 amide bonds. The highest BCUT2D eigenvalue weighted by atomic mass is 16.4. The van der Waals surface area contributed by atoms with Gasteiger partial charge < -0.3 is 15.7 Å². The Kier molecular flexibility index (Phi) is 6.56. The van der Waals surface area contributed by atoms with Crippen LogP contribution in [0.25, 0.3) is 0 Å². The van der Waals surface area contributed by atoms with E-state index in [1.165, 1.54) is 0 Å². The largest absolute Gasteiger partial charge is 0.480 e. The molecule has 0 aromatic heterocycles. The zero-order valence-corrected chi connectivity index (χ0v) is 11.9. The Morgan fingerprint density at radius 3 is 2.40 bits per heavy atom. The summed E-state index contributed by atoms with van der Waals surface area (Å²) in [7, 11) is 0. The smallest absolute Gasteiger partial charge is 0.326 e. The Morgan fingerprint density at radius 1 is 1.20 bits per heavy atom. The van der Waals surface area contributed by atoms with Gasteiger partial charge in [0.2, 0.25) is 0 Å². The summed E-state index contributed by atoms with van der Waals surface area (Å²) < 4.78 is 0. The molecule has 0 aliphatic rings. The van der Waals surface area contributed by atoms with Crippen molar-refractivity contribution in [2.75, 3.05) is 6.54 Å². The van der Waals surface area contributed by atoms with E-state index >= 15 is 0 Å². The van der Waals surface area contributed by atoms with Gasteiger partial charge in [-0.1, -0.05) is 44.2 Å². The summed E-state index contributed by atoms with van der Waals surface area (Å²) in [4.78, 5) is 22.8. The minimum atomic E-state index is -1.03. The van der Waals surface area contributed by atoms with E-state index in [1.807, 2.05) is 30.3 Å². The predicted octanol–water partition coefficient (Wildman–Crippen LogP) is 2.03. The SMILES string of the molecule is CC(C)CCNC(=O)NC(Cc1ccccc1)C(=O)O. The van der Waals surface area contributed by atoms with Crippen LogP contribution in [0.15, 0.2) is 30.3 Å². The van der Waals surface area contributed by atoms with Crippen LogP contribution in [0.1, 0.15) is 25.8 Å². The summed E-state index contributed by atoms with van der Waals surface area (Å²) in [5.41, 5.74) is 0.877. The molecule has 0 spiro atoms. The third kappa shape index (κ3) is 6.22. The van der Waals surface area contributed by atoms with Crippen LogP contribution in [-0.4, -0.2) is 29.7 Å². The molecule has 0 fully saturated rings. The second-order valence-corrected chi connectivity index (χ2v) is 5.16. The molecule has 0 bridgehead atoms. The monoisotopic (exact) mass is 278 g/mol. The molecule has 5 heteroatoms. The van der Waals surface area contributed by atoms with Crippen molar-refractivity contribution in [3.05, 3.63) is 35.9 Å². The van der Waals surface area contributed by atoms with Crippen LogP contribution in [0.3, 0.4) is 0 Å². The van der Waals surface area contributed by atoms with Gasteiger partial charge in [-0.25, -0.2) is 9.59 Å². The minimum absolute atomic E-state index is 0.272. The second-order valence-electron chi connectivity index (χ2n) is 5.16. The number of carbonyl (C=O) groups excluding carboxylic acids is 1. The Morgan fingerprint density at radius 2 is 1.85 bits per heavy atom. The fraction of sp³-hybridized carbons (Fsp3) is 0.467. The molecule has 0 heterocycles. The van der Waals surface area contributed by atoms with Crippen LogP contribution in [-0.2, 0) is 11.2 Å². The van der Waals surface area contributed by atoms with Crippen molar-refractivity contribution >= 4 is 12.0 Å². The van der Waals surface area contributed by atoms with Gasteiger partial charge in [-0.2, -0.15) is 0 Å². The number of amides is 2. The lowest BCUT2D eigenvalue weighted by Crippen LogP contribution is -2.47. The molecule has 0 radical (unpaired) electrons. The Balaban J connectivity index is 2.47. The number of carboxylic acid groups (broad SMARTS) is 1. The predicted molar refractivity (Wildman–Crippen MR) is 77.6 cm³/mol. The van der Waals surface area contributed by atoms with Gasteiger partial charge in [-0.05, 0) is 17.9 Å². The Bertz CT molecular complexity index is 432. The second kappa shape index (κ2) is 8.19. The minimum Gasteiger partial charge on any atom is -0.480 e. The van der Waals surface area contributed by atoms with E-state index in [0.717, 1.165) is 12.0 Å². The van der Waals surface area contributed by atoms with Gasteiger partial charge in [0.1, 0.15) is 6.04 Å². The third-order valence-electron chi connectivity index (χ3n) is 2.89. The van der Waals surface area contributed by atoms with Gasteiger partial charge in [-0.3, -0.25) is 0 Å². The van der Waals surface area contributed by atoms with Crippen molar-refractivity contribution < 1.29 is 14.7 Å². The maximum absolute atomic E-state index is 11.6. The first-order chi connectivity index (χ1) is 9.49. The van der Waals surface area contributed by atoms with E-state index < -0.39 is 18.0 Å². The first-order valence-corrected chi connectivity index (χ1v) is 6.80. The number of carboxylic acids is 1. The standard InChI is InChI=1S/C15H22N2O3/c1-11(2)8-9-16-15(20)17-13(14(18)19)10-12-6-4-3-5-7-12/h3-7,11,13H,8-10H2,1-2H3,(H,18,19)(H2,16,17,20). The molecule has 1 rings (SSSR count). The number of rotatable bonds is 7. The highest BCUT2D eigenvalue weighted by Crippen LogP contribution is 2.03. The molecule has 20 heavy (non-hydrogen) atoms. The fourth-order valence-corrected chi connectivity index (χ4v) is 1.73. The van der Waals surface area contributed by atoms with Gasteiger partial charge in [0.05, 0.1) is 0 Å². The summed E-state index contributed by atoms with van der Waals surface area (Å²) in [5, 5.41) is 14.3. The van der Waals surface area contributed by atoms with E-state index in [4.69, 9.17) is 5.11 Å². The first-order valence-electron chi connectivity index (χ1n) is 6.80. The number of nitrogens with one attached hydrogen (secondary N) is 2. The number of carbonyl (C=O) groups is 2. The molecule has 0 aliphatic heterocycles. The van der Waals surface area contributed by atoms with Crippen LogP contribution < -0.4 is 10.6 Å². The van der Waals surface area contributed by atoms with E-state index in [9.17, 15) is 9.59 Å². The third-order valence-corrected chi connectivity index (χ3v) is 2.89. The van der Waals surface area contributed by atoms with E-state index in [-0.39, 0.29) is 6.42 Å². The summed E-state index contributed by atoms with van der Waals surface area (Å²) in [6, 6.07) is 7.88. The lowest BCUT2D eigenvalue weighted by Gasteiger charge is -2.15. The van der Waals surface area contributed by atoms with Crippen LogP contribution in [0, 0.1) is 5.92 Å². The van der Waals surface area contributed by atoms with Crippen LogP contribution >= 0.6 is 0 Å². The van der Waals surface area contributed by atoms with Crippen molar-refractivity contribution in [3.8, 4) is 0 Å². The molecular formula is C15H22N2O3. The van der Waals surface area contributed by atoms with Gasteiger partial charge in [0.15, 0.2) is 0 Å². The van der Waals surface area contributed by atoms with Gasteiger partial charge in [0, 0.05) is 13.0 Å². The molecule has 1 atom stereocenters. The number of hydrogen-bond acceptors (Lipinski definition) is 2. The first kappa shape index (κ1) is 16.0. The lowest BCUT2D eigenvalue weighted by atomic mass is 10.1. The molecular weight excluding hydrogens is 256 g/mol. The number of aliphatic carboxylic acids is 1. The summed E-state index contributed by atoms with van der Waals surface area (Å²) in [6.07, 6.45) is 1.14. The van der Waals surface area contributed by atoms with Gasteiger partial charge >= 0.3 is 12.0 Å². The van der Waals surface area contributed by atoms with Crippen LogP contribution in [0.2, 0.25) is 0 Å². The Labute approximate surface area is 119 Å². The lowest BCUT2D eigenvalue weighted by molar-refractivity contribution is -0.139. The molecule has 0 aliphatic carbocycles. The number of urea groups is 1. The van der Waals surface area contributed by atoms with Crippen molar-refractivity contribution in [2.45, 2.75) is 32.7 Å². The zero-order valence-electron chi connectivity index (χ0n) is 11.9. The van der Waals surface area contributed by atoms with E-state index in [2.05, 4.69) is 24.5 Å². The van der Waals surface area contributed by atoms with Crippen LogP contribution in [0.5, 0.6) is 0 Å². The zero-order chi connectivity index (χ0) is 15.0. The van der Waals surface area contributed by atoms with Crippen molar-refractivity contribution in [1.82, 2.24) is 10.6 Å². The Hall–Kier alpha value is -2.04. The molecule has 5 nitrogen and oxygen atoms in total. The van der Waals surface area contributed by atoms with Gasteiger partial charge in [0.25, 0.3) is 0 Å². The average molecular weight is 278 g/mol. The summed E-state index contributed by atoms with van der Waals surface area (Å²) in [5.74, 6) is -0.539. The summed E-state index contributed by atoms with van der Waals surface area (Å²) in [6.45, 7) is 4.67. The van der Waals surface area contributed by atoms with E-state index in [0.29, 0.717) is 12.5 Å². The molecule has 3 N–H and O–H groups in total. The quantitative estimate of drug-likeness (QED) is 0.714. The highest BCUT2D eigenvalue weighted by molar-refractivity contribution is 5.82. The fourth-order valence-electron chi connectivity index (χ4n) is 1.73. The topological polar surface area (TPSA) is 78.4 Å². The normalized spacial score (nSPS) is 11.9. The number of benzene rings is 1. The van der Waals surface area contributed by atoms with Crippen molar-refractivity contribution in [3.63, 3.8) is 0 Å². The highest BCUT2D eigenvalue weighted by Gasteiger charge is 2.20. The number of hydrogen-bond donors (Lipinski definition) is 3. The van der Waals surface area contributed by atoms with Gasteiger partial charge in [-0.15, -0.1) is 0 Å². The van der Waals surface area contributed by atoms with Crippen LogP contribution in [0.4, 0.5) is 4.79 Å². The maximum atomic E-state index is 11.6. The molecule has 0 saturated carbocycles. The molecule has 1 aromatic carbocycles. The summed E-state index contributed by atoms with van der Waals surface area (Å²) >= 11 is 0. The maximum Gasteiger partial charge on any atom is 0.326 e.